The Morgan fingerprint density at radius 2 is 0.826 bits per heavy atom. The molecule has 0 spiro atoms. The van der Waals surface area contributed by atoms with Gasteiger partial charge in [0.25, 0.3) is 0 Å². The first kappa shape index (κ1) is 12.3. The molecule has 7 heterocycles. The van der Waals surface area contributed by atoms with Gasteiger partial charge in [-0.1, -0.05) is 0 Å². The zero-order valence-corrected chi connectivity index (χ0v) is 12.1. The fraction of sp³-hybridized carbons (Fsp3) is 0.750. The van der Waals surface area contributed by atoms with Crippen molar-refractivity contribution in [3.63, 3.8) is 0 Å². The third-order valence-electron chi connectivity index (χ3n) is 6.48. The second-order valence-corrected chi connectivity index (χ2v) is 7.28. The lowest BCUT2D eigenvalue weighted by Gasteiger charge is -2.26. The minimum absolute atomic E-state index is 0.217. The van der Waals surface area contributed by atoms with Crippen molar-refractivity contribution >= 4 is 0 Å². The van der Waals surface area contributed by atoms with Gasteiger partial charge in [0.2, 0.25) is 12.6 Å². The molecule has 0 aromatic heterocycles. The van der Waals surface area contributed by atoms with Gasteiger partial charge in [-0.3, -0.25) is 0 Å². The molecule has 0 bridgehead atoms. The van der Waals surface area contributed by atoms with Crippen molar-refractivity contribution in [1.82, 2.24) is 0 Å². The first-order chi connectivity index (χ1) is 11.4. The number of rotatable bonds is 0. The van der Waals surface area contributed by atoms with E-state index in [4.69, 9.17) is 33.2 Å². The molecule has 0 aliphatic carbocycles. The Labute approximate surface area is 132 Å². The van der Waals surface area contributed by atoms with Crippen LogP contribution >= 0.6 is 0 Å². The lowest BCUT2D eigenvalue weighted by Crippen LogP contribution is -2.34. The van der Waals surface area contributed by atoms with Crippen LogP contribution in [0.1, 0.15) is 0 Å². The summed E-state index contributed by atoms with van der Waals surface area (Å²) in [4.78, 5) is 0. The van der Waals surface area contributed by atoms with Crippen molar-refractivity contribution in [1.29, 1.82) is 0 Å². The monoisotopic (exact) mass is 320 g/mol. The Hall–Kier alpha value is -1.12. The molecule has 7 nitrogen and oxygen atoms in total. The minimum atomic E-state index is -0.263. The third-order valence-corrected chi connectivity index (χ3v) is 6.48. The largest absolute Gasteiger partial charge is 0.472 e. The molecular weight excluding hydrogens is 304 g/mol. The summed E-state index contributed by atoms with van der Waals surface area (Å²) in [6.45, 7) is 0. The molecule has 5 fully saturated rings. The van der Waals surface area contributed by atoms with Gasteiger partial charge in [0, 0.05) is 23.7 Å². The predicted molar refractivity (Wildman–Crippen MR) is 69.5 cm³/mol. The fourth-order valence-corrected chi connectivity index (χ4v) is 5.65. The highest BCUT2D eigenvalue weighted by atomic mass is 16.9. The first-order valence-electron chi connectivity index (χ1n) is 8.30. The van der Waals surface area contributed by atoms with Crippen LogP contribution < -0.4 is 0 Å². The average molecular weight is 320 g/mol. The van der Waals surface area contributed by atoms with Crippen LogP contribution in [-0.2, 0) is 33.2 Å². The van der Waals surface area contributed by atoms with Crippen LogP contribution in [0.25, 0.3) is 0 Å². The predicted octanol–water partition coefficient (Wildman–Crippen LogP) is 0.879. The Kier molecular flexibility index (Phi) is 2.09. The van der Waals surface area contributed by atoms with E-state index in [1.807, 2.05) is 0 Å². The average Bonchev–Trinajstić information content (AvgIpc) is 3.23. The van der Waals surface area contributed by atoms with Gasteiger partial charge in [-0.15, -0.1) is 0 Å². The van der Waals surface area contributed by atoms with Crippen LogP contribution in [0.15, 0.2) is 24.7 Å². The molecule has 0 aromatic carbocycles. The van der Waals surface area contributed by atoms with Gasteiger partial charge in [0.15, 0.2) is 25.2 Å². The molecule has 0 radical (unpaired) electrons. The van der Waals surface area contributed by atoms with Gasteiger partial charge in [0.05, 0.1) is 24.4 Å². The SMILES string of the molecule is C1=C[C@@H]2[C@H](O1)O[C@H]1O[C@@H]3O[C@H]4O[C@@H]5O[C@H]6OC=C[C@H]6[C@@H]5[C@H]4[C@@H]3[C@H]12. The molecule has 0 amide bonds. The topological polar surface area (TPSA) is 64.6 Å². The molecule has 7 rings (SSSR count). The maximum Gasteiger partial charge on any atom is 0.208 e. The Bertz CT molecular complexity index is 568. The van der Waals surface area contributed by atoms with Crippen molar-refractivity contribution < 1.29 is 33.2 Å². The molecule has 7 heteroatoms. The van der Waals surface area contributed by atoms with E-state index in [0.717, 1.165) is 0 Å². The van der Waals surface area contributed by atoms with Crippen molar-refractivity contribution in [2.24, 2.45) is 35.5 Å². The van der Waals surface area contributed by atoms with Crippen molar-refractivity contribution in [2.45, 2.75) is 37.7 Å². The lowest BCUT2D eigenvalue weighted by atomic mass is 9.71. The fourth-order valence-electron chi connectivity index (χ4n) is 5.65. The summed E-state index contributed by atoms with van der Waals surface area (Å²) in [6.07, 6.45) is 6.20. The van der Waals surface area contributed by atoms with Crippen LogP contribution in [0.4, 0.5) is 0 Å². The van der Waals surface area contributed by atoms with Crippen LogP contribution in [0, 0.1) is 35.5 Å². The highest BCUT2D eigenvalue weighted by Crippen LogP contribution is 2.62. The molecule has 23 heavy (non-hydrogen) atoms. The highest BCUT2D eigenvalue weighted by Gasteiger charge is 2.71. The van der Waals surface area contributed by atoms with Crippen LogP contribution in [0.5, 0.6) is 0 Å². The summed E-state index contributed by atoms with van der Waals surface area (Å²) in [6, 6.07) is 0. The van der Waals surface area contributed by atoms with E-state index in [2.05, 4.69) is 12.2 Å². The van der Waals surface area contributed by atoms with E-state index >= 15 is 0 Å². The van der Waals surface area contributed by atoms with Gasteiger partial charge in [-0.2, -0.15) is 0 Å². The zero-order chi connectivity index (χ0) is 14.7. The third kappa shape index (κ3) is 1.33. The van der Waals surface area contributed by atoms with Crippen molar-refractivity contribution in [2.75, 3.05) is 0 Å². The molecule has 7 aliphatic heterocycles. The standard InChI is InChI=1S/C16H16O7/c1-3-17-11-5(1)7-9-10-8-6-2-4-18-12(6)20-14(8)22-16(10)23-15(9)21-13(7)19-11/h1-16H/t5-,6-,7+,8+,9-,10-,11+,12+,13-,14-,15+,16+/m0/s1. The number of hydrogen-bond acceptors (Lipinski definition) is 7. The summed E-state index contributed by atoms with van der Waals surface area (Å²) < 4.78 is 40.9. The lowest BCUT2D eigenvalue weighted by molar-refractivity contribution is -0.284. The van der Waals surface area contributed by atoms with Crippen molar-refractivity contribution in [3.05, 3.63) is 24.7 Å². The number of ether oxygens (including phenoxy) is 7. The summed E-state index contributed by atoms with van der Waals surface area (Å²) >= 11 is 0. The second kappa shape index (κ2) is 3.92. The number of hydrogen-bond donors (Lipinski definition) is 0. The molecule has 12 atom stereocenters. The van der Waals surface area contributed by atoms with Gasteiger partial charge in [-0.05, 0) is 12.2 Å². The maximum absolute atomic E-state index is 6.04. The smallest absolute Gasteiger partial charge is 0.208 e. The maximum atomic E-state index is 6.04. The normalized spacial score (nSPS) is 65.7. The Morgan fingerprint density at radius 1 is 0.435 bits per heavy atom. The van der Waals surface area contributed by atoms with Gasteiger partial charge >= 0.3 is 0 Å². The van der Waals surface area contributed by atoms with Crippen LogP contribution in [0.3, 0.4) is 0 Å². The molecule has 122 valence electrons. The summed E-state index contributed by atoms with van der Waals surface area (Å²) in [5, 5.41) is 0. The second-order valence-electron chi connectivity index (χ2n) is 7.28. The van der Waals surface area contributed by atoms with E-state index in [0.29, 0.717) is 0 Å². The zero-order valence-electron chi connectivity index (χ0n) is 12.1. The highest BCUT2D eigenvalue weighted by molar-refractivity contribution is 5.13. The number of fused-ring (bicyclic) bond motifs is 11. The molecule has 0 unspecified atom stereocenters. The molecular formula is C16H16O7. The van der Waals surface area contributed by atoms with Gasteiger partial charge in [0.1, 0.15) is 0 Å². The minimum Gasteiger partial charge on any atom is -0.472 e. The molecule has 7 aliphatic rings. The van der Waals surface area contributed by atoms with Crippen LogP contribution in [-0.4, -0.2) is 37.7 Å². The Balaban J connectivity index is 1.28. The first-order valence-corrected chi connectivity index (χ1v) is 8.30. The van der Waals surface area contributed by atoms with Gasteiger partial charge < -0.3 is 33.2 Å². The van der Waals surface area contributed by atoms with E-state index in [-0.39, 0.29) is 73.2 Å². The van der Waals surface area contributed by atoms with Crippen molar-refractivity contribution in [3.8, 4) is 0 Å². The molecule has 5 saturated heterocycles. The summed E-state index contributed by atoms with van der Waals surface area (Å²) in [5.41, 5.74) is 0. The van der Waals surface area contributed by atoms with E-state index in [9.17, 15) is 0 Å². The Morgan fingerprint density at radius 3 is 1.30 bits per heavy atom. The van der Waals surface area contributed by atoms with Crippen LogP contribution in [0.2, 0.25) is 0 Å². The van der Waals surface area contributed by atoms with Gasteiger partial charge in [-0.25, -0.2) is 0 Å². The molecule has 0 aromatic rings. The van der Waals surface area contributed by atoms with E-state index < -0.39 is 0 Å². The molecule has 0 N–H and O–H groups in total. The molecule has 0 saturated carbocycles. The summed E-state index contributed by atoms with van der Waals surface area (Å²) in [5.74, 6) is 1.41. The van der Waals surface area contributed by atoms with E-state index in [1.54, 1.807) is 12.5 Å². The van der Waals surface area contributed by atoms with E-state index in [1.165, 1.54) is 0 Å². The summed E-state index contributed by atoms with van der Waals surface area (Å²) in [7, 11) is 0. The quantitative estimate of drug-likeness (QED) is 0.656.